The van der Waals surface area contributed by atoms with E-state index in [2.05, 4.69) is 0 Å². The Kier molecular flexibility index (Phi) is 4.71. The smallest absolute Gasteiger partial charge is 0.243 e. The number of ether oxygens (including phenoxy) is 1. The lowest BCUT2D eigenvalue weighted by Gasteiger charge is -2.35. The Hall–Kier alpha value is -0.660. The fourth-order valence-corrected chi connectivity index (χ4v) is 4.15. The Balaban J connectivity index is 2.39. The average Bonchev–Trinajstić information content (AvgIpc) is 2.41. The normalized spacial score (nSPS) is 24.8. The second kappa shape index (κ2) is 5.99. The first kappa shape index (κ1) is 15.7. The summed E-state index contributed by atoms with van der Waals surface area (Å²) in [6, 6.07) is 4.45. The summed E-state index contributed by atoms with van der Waals surface area (Å²) in [6.45, 7) is 4.66. The van der Waals surface area contributed by atoms with E-state index in [1.165, 1.54) is 10.4 Å². The van der Waals surface area contributed by atoms with Gasteiger partial charge in [-0.05, 0) is 37.6 Å². The average molecular weight is 319 g/mol. The zero-order valence-corrected chi connectivity index (χ0v) is 13.1. The summed E-state index contributed by atoms with van der Waals surface area (Å²) in [7, 11) is -3.55. The molecular formula is C13H19ClN2O3S. The molecular weight excluding hydrogens is 300 g/mol. The summed E-state index contributed by atoms with van der Waals surface area (Å²) in [4.78, 5) is 0.225. The van der Waals surface area contributed by atoms with Crippen molar-refractivity contribution < 1.29 is 13.2 Å². The van der Waals surface area contributed by atoms with E-state index in [1.54, 1.807) is 12.1 Å². The molecule has 2 N–H and O–H groups in total. The molecule has 1 aliphatic rings. The van der Waals surface area contributed by atoms with Crippen molar-refractivity contribution in [1.29, 1.82) is 0 Å². The molecule has 2 rings (SSSR count). The third-order valence-corrected chi connectivity index (χ3v) is 5.74. The van der Waals surface area contributed by atoms with Crippen LogP contribution in [0.15, 0.2) is 23.1 Å². The first-order valence-electron chi connectivity index (χ1n) is 6.48. The summed E-state index contributed by atoms with van der Waals surface area (Å²) in [5, 5.41) is 0.481. The van der Waals surface area contributed by atoms with Crippen LogP contribution >= 0.6 is 11.6 Å². The number of benzene rings is 1. The molecule has 0 aromatic heterocycles. The van der Waals surface area contributed by atoms with Crippen LogP contribution in [0.25, 0.3) is 0 Å². The van der Waals surface area contributed by atoms with Gasteiger partial charge in [-0.15, -0.1) is 0 Å². The van der Waals surface area contributed by atoms with Gasteiger partial charge >= 0.3 is 0 Å². The van der Waals surface area contributed by atoms with E-state index < -0.39 is 10.0 Å². The van der Waals surface area contributed by atoms with E-state index >= 15 is 0 Å². The summed E-state index contributed by atoms with van der Waals surface area (Å²) >= 11 is 5.98. The number of sulfonamides is 1. The number of nitrogens with zero attached hydrogens (tertiary/aromatic N) is 1. The number of rotatable bonds is 3. The van der Waals surface area contributed by atoms with Gasteiger partial charge in [-0.25, -0.2) is 8.42 Å². The standard InChI is InChI=1S/C13H19ClN2O3S/c1-9-8-19-10(2)7-16(9)20(17,18)12-3-4-13(14)11(5-12)6-15/h3-5,9-10H,6-8,15H2,1-2H3. The maximum absolute atomic E-state index is 12.7. The molecule has 0 amide bonds. The van der Waals surface area contributed by atoms with Crippen molar-refractivity contribution in [2.24, 2.45) is 5.73 Å². The van der Waals surface area contributed by atoms with Crippen LogP contribution in [0.3, 0.4) is 0 Å². The molecule has 0 spiro atoms. The summed E-state index contributed by atoms with van der Waals surface area (Å²) < 4.78 is 32.4. The molecule has 1 heterocycles. The Bertz CT molecular complexity index is 591. The minimum absolute atomic E-state index is 0.109. The molecule has 7 heteroatoms. The summed E-state index contributed by atoms with van der Waals surface area (Å²) in [5.41, 5.74) is 6.20. The van der Waals surface area contributed by atoms with E-state index in [9.17, 15) is 8.42 Å². The highest BCUT2D eigenvalue weighted by molar-refractivity contribution is 7.89. The summed E-state index contributed by atoms with van der Waals surface area (Å²) in [5.74, 6) is 0. The van der Waals surface area contributed by atoms with Crippen molar-refractivity contribution in [1.82, 2.24) is 4.31 Å². The monoisotopic (exact) mass is 318 g/mol. The van der Waals surface area contributed by atoms with Crippen LogP contribution in [0, 0.1) is 0 Å². The van der Waals surface area contributed by atoms with E-state index in [0.29, 0.717) is 23.7 Å². The van der Waals surface area contributed by atoms with Gasteiger partial charge in [-0.1, -0.05) is 11.6 Å². The van der Waals surface area contributed by atoms with Gasteiger partial charge in [-0.3, -0.25) is 0 Å². The van der Waals surface area contributed by atoms with Crippen LogP contribution in [0.5, 0.6) is 0 Å². The largest absolute Gasteiger partial charge is 0.375 e. The highest BCUT2D eigenvalue weighted by atomic mass is 35.5. The van der Waals surface area contributed by atoms with Crippen LogP contribution < -0.4 is 5.73 Å². The fourth-order valence-electron chi connectivity index (χ4n) is 2.21. The van der Waals surface area contributed by atoms with Crippen LogP contribution in [-0.2, 0) is 21.3 Å². The van der Waals surface area contributed by atoms with Crippen LogP contribution in [0.2, 0.25) is 5.02 Å². The Morgan fingerprint density at radius 3 is 2.80 bits per heavy atom. The zero-order valence-electron chi connectivity index (χ0n) is 11.5. The SMILES string of the molecule is CC1CN(S(=O)(=O)c2ccc(Cl)c(CN)c2)C(C)CO1. The second-order valence-corrected chi connectivity index (χ2v) is 7.32. The quantitative estimate of drug-likeness (QED) is 0.918. The first-order chi connectivity index (χ1) is 9.36. The first-order valence-corrected chi connectivity index (χ1v) is 8.30. The predicted octanol–water partition coefficient (Wildman–Crippen LogP) is 1.60. The molecule has 0 radical (unpaired) electrons. The lowest BCUT2D eigenvalue weighted by atomic mass is 10.2. The minimum Gasteiger partial charge on any atom is -0.375 e. The van der Waals surface area contributed by atoms with Gasteiger partial charge < -0.3 is 10.5 Å². The van der Waals surface area contributed by atoms with Crippen LogP contribution in [0.4, 0.5) is 0 Å². The predicted molar refractivity (Wildman–Crippen MR) is 78.1 cm³/mol. The molecule has 2 atom stereocenters. The topological polar surface area (TPSA) is 72.6 Å². The lowest BCUT2D eigenvalue weighted by molar-refractivity contribution is -0.0170. The van der Waals surface area contributed by atoms with Gasteiger partial charge in [0.15, 0.2) is 0 Å². The van der Waals surface area contributed by atoms with Crippen molar-refractivity contribution in [3.63, 3.8) is 0 Å². The van der Waals surface area contributed by atoms with E-state index in [-0.39, 0.29) is 23.6 Å². The van der Waals surface area contributed by atoms with Gasteiger partial charge in [0.1, 0.15) is 0 Å². The van der Waals surface area contributed by atoms with Gasteiger partial charge in [0.2, 0.25) is 10.0 Å². The van der Waals surface area contributed by atoms with Crippen molar-refractivity contribution in [3.8, 4) is 0 Å². The molecule has 1 saturated heterocycles. The van der Waals surface area contributed by atoms with Gasteiger partial charge in [0, 0.05) is 24.2 Å². The zero-order chi connectivity index (χ0) is 14.9. The third kappa shape index (κ3) is 2.99. The minimum atomic E-state index is -3.55. The van der Waals surface area contributed by atoms with Crippen molar-refractivity contribution >= 4 is 21.6 Å². The Morgan fingerprint density at radius 1 is 1.45 bits per heavy atom. The maximum atomic E-state index is 12.7. The fraction of sp³-hybridized carbons (Fsp3) is 0.538. The van der Waals surface area contributed by atoms with Crippen LogP contribution in [0.1, 0.15) is 19.4 Å². The van der Waals surface area contributed by atoms with Crippen molar-refractivity contribution in [2.75, 3.05) is 13.2 Å². The highest BCUT2D eigenvalue weighted by Gasteiger charge is 2.34. The molecule has 0 aliphatic carbocycles. The molecule has 0 saturated carbocycles. The number of morpholine rings is 1. The van der Waals surface area contributed by atoms with Gasteiger partial charge in [0.05, 0.1) is 17.6 Å². The molecule has 20 heavy (non-hydrogen) atoms. The number of nitrogens with two attached hydrogens (primary N) is 1. The van der Waals surface area contributed by atoms with E-state index in [0.717, 1.165) is 0 Å². The summed E-state index contributed by atoms with van der Waals surface area (Å²) in [6.07, 6.45) is -0.109. The Labute approximate surface area is 124 Å². The van der Waals surface area contributed by atoms with Gasteiger partial charge in [0.25, 0.3) is 0 Å². The third-order valence-electron chi connectivity index (χ3n) is 3.39. The molecule has 2 unspecified atom stereocenters. The number of hydrogen-bond donors (Lipinski definition) is 1. The highest BCUT2D eigenvalue weighted by Crippen LogP contribution is 2.25. The second-order valence-electron chi connectivity index (χ2n) is 5.03. The maximum Gasteiger partial charge on any atom is 0.243 e. The molecule has 5 nitrogen and oxygen atoms in total. The molecule has 1 fully saturated rings. The number of hydrogen-bond acceptors (Lipinski definition) is 4. The van der Waals surface area contributed by atoms with Crippen molar-refractivity contribution in [3.05, 3.63) is 28.8 Å². The molecule has 0 bridgehead atoms. The lowest BCUT2D eigenvalue weighted by Crippen LogP contribution is -2.50. The number of halogens is 1. The van der Waals surface area contributed by atoms with Crippen molar-refractivity contribution in [2.45, 2.75) is 37.4 Å². The molecule has 1 aliphatic heterocycles. The van der Waals surface area contributed by atoms with Crippen LogP contribution in [-0.4, -0.2) is 38.0 Å². The molecule has 1 aromatic rings. The molecule has 1 aromatic carbocycles. The van der Waals surface area contributed by atoms with E-state index in [4.69, 9.17) is 22.1 Å². The van der Waals surface area contributed by atoms with Gasteiger partial charge in [-0.2, -0.15) is 4.31 Å². The molecule has 112 valence electrons. The Morgan fingerprint density at radius 2 is 2.15 bits per heavy atom. The van der Waals surface area contributed by atoms with E-state index in [1.807, 2.05) is 13.8 Å².